The largest absolute Gasteiger partial charge is 0.348 e. The third kappa shape index (κ3) is 3.45. The number of nitrogens with one attached hydrogen (secondary N) is 1. The highest BCUT2D eigenvalue weighted by Gasteiger charge is 2.24. The van der Waals surface area contributed by atoms with Gasteiger partial charge in [0.25, 0.3) is 5.91 Å². The van der Waals surface area contributed by atoms with E-state index in [1.54, 1.807) is 0 Å². The minimum Gasteiger partial charge on any atom is -0.348 e. The number of halogens is 2. The average molecular weight is 423 g/mol. The summed E-state index contributed by atoms with van der Waals surface area (Å²) in [6, 6.07) is 5.92. The Kier molecular flexibility index (Phi) is 5.03. The fraction of sp³-hybridized carbons (Fsp3) is 0.462. The molecular formula is C13H16BrIN2O. The molecule has 18 heavy (non-hydrogen) atoms. The lowest BCUT2D eigenvalue weighted by atomic mass is 9.91. The summed E-state index contributed by atoms with van der Waals surface area (Å²) in [4.78, 5) is 12.2. The van der Waals surface area contributed by atoms with Gasteiger partial charge in [-0.15, -0.1) is 0 Å². The van der Waals surface area contributed by atoms with Gasteiger partial charge in [0.2, 0.25) is 0 Å². The molecule has 0 heterocycles. The molecule has 0 radical (unpaired) electrons. The summed E-state index contributed by atoms with van der Waals surface area (Å²) in [5.41, 5.74) is 6.76. The van der Waals surface area contributed by atoms with Crippen molar-refractivity contribution in [2.75, 3.05) is 0 Å². The fourth-order valence-electron chi connectivity index (χ4n) is 2.26. The lowest BCUT2D eigenvalue weighted by Crippen LogP contribution is -2.49. The summed E-state index contributed by atoms with van der Waals surface area (Å²) >= 11 is 5.57. The number of hydrogen-bond donors (Lipinski definition) is 2. The Morgan fingerprint density at radius 3 is 2.83 bits per heavy atom. The maximum absolute atomic E-state index is 12.2. The highest BCUT2D eigenvalue weighted by Crippen LogP contribution is 2.20. The van der Waals surface area contributed by atoms with Crippen LogP contribution in [-0.2, 0) is 0 Å². The molecule has 3 nitrogen and oxygen atoms in total. The van der Waals surface area contributed by atoms with Crippen LogP contribution in [0.5, 0.6) is 0 Å². The van der Waals surface area contributed by atoms with Crippen molar-refractivity contribution in [1.82, 2.24) is 5.32 Å². The zero-order valence-electron chi connectivity index (χ0n) is 9.96. The molecule has 1 amide bonds. The van der Waals surface area contributed by atoms with Crippen LogP contribution >= 0.6 is 38.5 Å². The van der Waals surface area contributed by atoms with E-state index in [1.807, 2.05) is 18.2 Å². The standard InChI is InChI=1S/C13H16BrIN2O/c14-8-5-6-10(15)9(7-8)13(18)17-12-4-2-1-3-11(12)16/h5-7,11-12H,1-4,16H2,(H,17,18). The van der Waals surface area contributed by atoms with Crippen molar-refractivity contribution in [2.45, 2.75) is 37.8 Å². The topological polar surface area (TPSA) is 55.1 Å². The van der Waals surface area contributed by atoms with Crippen molar-refractivity contribution >= 4 is 44.4 Å². The van der Waals surface area contributed by atoms with E-state index in [0.717, 1.165) is 27.3 Å². The molecule has 1 aliphatic rings. The van der Waals surface area contributed by atoms with Crippen molar-refractivity contribution < 1.29 is 4.79 Å². The van der Waals surface area contributed by atoms with Gasteiger partial charge in [0.05, 0.1) is 5.56 Å². The summed E-state index contributed by atoms with van der Waals surface area (Å²) in [5, 5.41) is 3.06. The highest BCUT2D eigenvalue weighted by molar-refractivity contribution is 14.1. The van der Waals surface area contributed by atoms with Crippen molar-refractivity contribution in [3.8, 4) is 0 Å². The summed E-state index contributed by atoms with van der Waals surface area (Å²) in [5.74, 6) is -0.0250. The van der Waals surface area contributed by atoms with Gasteiger partial charge < -0.3 is 11.1 Å². The van der Waals surface area contributed by atoms with Gasteiger partial charge >= 0.3 is 0 Å². The monoisotopic (exact) mass is 422 g/mol. The van der Waals surface area contributed by atoms with E-state index >= 15 is 0 Å². The molecule has 1 aromatic rings. The predicted octanol–water partition coefficient (Wildman–Crippen LogP) is 3.05. The molecule has 0 spiro atoms. The third-order valence-corrected chi connectivity index (χ3v) is 4.74. The Balaban J connectivity index is 2.09. The van der Waals surface area contributed by atoms with Crippen LogP contribution in [-0.4, -0.2) is 18.0 Å². The number of amides is 1. The first-order chi connectivity index (χ1) is 8.58. The van der Waals surface area contributed by atoms with E-state index in [4.69, 9.17) is 5.73 Å². The molecule has 0 saturated heterocycles. The van der Waals surface area contributed by atoms with Crippen LogP contribution in [0.4, 0.5) is 0 Å². The first kappa shape index (κ1) is 14.3. The van der Waals surface area contributed by atoms with Gasteiger partial charge in [-0.2, -0.15) is 0 Å². The second-order valence-electron chi connectivity index (χ2n) is 4.65. The van der Waals surface area contributed by atoms with Crippen LogP contribution < -0.4 is 11.1 Å². The summed E-state index contributed by atoms with van der Waals surface area (Å²) in [6.07, 6.45) is 4.30. The maximum Gasteiger partial charge on any atom is 0.252 e. The highest BCUT2D eigenvalue weighted by atomic mass is 127. The predicted molar refractivity (Wildman–Crippen MR) is 84.6 cm³/mol. The van der Waals surface area contributed by atoms with Gasteiger partial charge in [0, 0.05) is 20.1 Å². The van der Waals surface area contributed by atoms with E-state index in [9.17, 15) is 4.79 Å². The van der Waals surface area contributed by atoms with E-state index < -0.39 is 0 Å². The lowest BCUT2D eigenvalue weighted by Gasteiger charge is -2.29. The van der Waals surface area contributed by atoms with Crippen molar-refractivity contribution in [1.29, 1.82) is 0 Å². The smallest absolute Gasteiger partial charge is 0.252 e. The first-order valence-corrected chi connectivity index (χ1v) is 7.96. The molecule has 0 aromatic heterocycles. The summed E-state index contributed by atoms with van der Waals surface area (Å²) in [7, 11) is 0. The van der Waals surface area contributed by atoms with Gasteiger partial charge in [-0.05, 0) is 53.6 Å². The van der Waals surface area contributed by atoms with Gasteiger partial charge in [-0.1, -0.05) is 28.8 Å². The van der Waals surface area contributed by atoms with E-state index in [1.165, 1.54) is 6.42 Å². The Morgan fingerprint density at radius 2 is 2.11 bits per heavy atom. The molecule has 0 aliphatic heterocycles. The molecule has 2 rings (SSSR count). The minimum atomic E-state index is -0.0250. The van der Waals surface area contributed by atoms with Gasteiger partial charge in [-0.3, -0.25) is 4.79 Å². The molecule has 0 bridgehead atoms. The van der Waals surface area contributed by atoms with E-state index in [-0.39, 0.29) is 18.0 Å². The Bertz CT molecular complexity index is 453. The lowest BCUT2D eigenvalue weighted by molar-refractivity contribution is 0.0920. The van der Waals surface area contributed by atoms with Crippen LogP contribution in [0.15, 0.2) is 22.7 Å². The van der Waals surface area contributed by atoms with Crippen molar-refractivity contribution in [2.24, 2.45) is 5.73 Å². The van der Waals surface area contributed by atoms with Crippen LogP contribution in [0.3, 0.4) is 0 Å². The number of rotatable bonds is 2. The Hall–Kier alpha value is -0.140. The second kappa shape index (κ2) is 6.34. The molecule has 1 aromatic carbocycles. The quantitative estimate of drug-likeness (QED) is 0.719. The number of benzene rings is 1. The molecule has 3 N–H and O–H groups in total. The zero-order chi connectivity index (χ0) is 13.1. The average Bonchev–Trinajstić information content (AvgIpc) is 2.35. The molecule has 1 saturated carbocycles. The van der Waals surface area contributed by atoms with Gasteiger partial charge in [-0.25, -0.2) is 0 Å². The third-order valence-electron chi connectivity index (χ3n) is 3.31. The summed E-state index contributed by atoms with van der Waals surface area (Å²) < 4.78 is 1.87. The number of carbonyl (C=O) groups excluding carboxylic acids is 1. The number of hydrogen-bond acceptors (Lipinski definition) is 2. The fourth-order valence-corrected chi connectivity index (χ4v) is 3.20. The molecule has 1 aliphatic carbocycles. The van der Waals surface area contributed by atoms with Gasteiger partial charge in [0.1, 0.15) is 0 Å². The van der Waals surface area contributed by atoms with E-state index in [0.29, 0.717) is 5.56 Å². The van der Waals surface area contributed by atoms with Crippen LogP contribution in [0.1, 0.15) is 36.0 Å². The van der Waals surface area contributed by atoms with Crippen LogP contribution in [0, 0.1) is 3.57 Å². The first-order valence-electron chi connectivity index (χ1n) is 6.09. The Morgan fingerprint density at radius 1 is 1.39 bits per heavy atom. The van der Waals surface area contributed by atoms with Crippen molar-refractivity contribution in [3.05, 3.63) is 31.8 Å². The Labute approximate surface area is 129 Å². The zero-order valence-corrected chi connectivity index (χ0v) is 13.7. The van der Waals surface area contributed by atoms with Gasteiger partial charge in [0.15, 0.2) is 0 Å². The number of carbonyl (C=O) groups is 1. The summed E-state index contributed by atoms with van der Waals surface area (Å²) in [6.45, 7) is 0. The maximum atomic E-state index is 12.2. The van der Waals surface area contributed by atoms with Crippen LogP contribution in [0.25, 0.3) is 0 Å². The minimum absolute atomic E-state index is 0.0250. The SMILES string of the molecule is NC1CCCCC1NC(=O)c1cc(Br)ccc1I. The van der Waals surface area contributed by atoms with Crippen LogP contribution in [0.2, 0.25) is 0 Å². The van der Waals surface area contributed by atoms with E-state index in [2.05, 4.69) is 43.8 Å². The second-order valence-corrected chi connectivity index (χ2v) is 6.73. The normalized spacial score (nSPS) is 23.7. The molecule has 98 valence electrons. The van der Waals surface area contributed by atoms with Crippen molar-refractivity contribution in [3.63, 3.8) is 0 Å². The molecule has 1 fully saturated rings. The molecular weight excluding hydrogens is 407 g/mol. The molecule has 2 atom stereocenters. The number of nitrogens with two attached hydrogens (primary N) is 1. The molecule has 5 heteroatoms. The molecule has 2 unspecified atom stereocenters.